The fourth-order valence-corrected chi connectivity index (χ4v) is 5.31. The SMILES string of the molecule is CC(=O)N1CCN(C(=O)NC2CCCCC2)C(C(=O)NC(CC2CCCCC2)C(N)=O)C1. The minimum absolute atomic E-state index is 0.119. The number of carbonyl (C=O) groups excluding carboxylic acids is 4. The summed E-state index contributed by atoms with van der Waals surface area (Å²) in [6.45, 7) is 2.24. The monoisotopic (exact) mass is 449 g/mol. The number of hydrogen-bond acceptors (Lipinski definition) is 4. The molecule has 1 saturated heterocycles. The van der Waals surface area contributed by atoms with Gasteiger partial charge in [0.15, 0.2) is 0 Å². The van der Waals surface area contributed by atoms with E-state index >= 15 is 0 Å². The Morgan fingerprint density at radius 1 is 0.938 bits per heavy atom. The van der Waals surface area contributed by atoms with Gasteiger partial charge in [-0.1, -0.05) is 51.4 Å². The van der Waals surface area contributed by atoms with Crippen LogP contribution in [0.25, 0.3) is 0 Å². The van der Waals surface area contributed by atoms with Crippen molar-refractivity contribution in [1.29, 1.82) is 0 Å². The van der Waals surface area contributed by atoms with E-state index in [-0.39, 0.29) is 31.1 Å². The molecule has 4 N–H and O–H groups in total. The Morgan fingerprint density at radius 3 is 2.16 bits per heavy atom. The first kappa shape index (κ1) is 24.3. The highest BCUT2D eigenvalue weighted by molar-refractivity contribution is 5.92. The van der Waals surface area contributed by atoms with Crippen LogP contribution in [-0.4, -0.2) is 71.3 Å². The van der Waals surface area contributed by atoms with Crippen LogP contribution in [0.2, 0.25) is 0 Å². The van der Waals surface area contributed by atoms with Crippen LogP contribution in [0.3, 0.4) is 0 Å². The van der Waals surface area contributed by atoms with Gasteiger partial charge in [0.05, 0.1) is 6.54 Å². The zero-order chi connectivity index (χ0) is 23.1. The summed E-state index contributed by atoms with van der Waals surface area (Å²) < 4.78 is 0. The molecular weight excluding hydrogens is 410 g/mol. The molecule has 1 aliphatic heterocycles. The minimum Gasteiger partial charge on any atom is -0.368 e. The molecule has 3 rings (SSSR count). The molecule has 0 radical (unpaired) electrons. The molecule has 2 aliphatic carbocycles. The third-order valence-electron chi connectivity index (χ3n) is 7.28. The molecule has 0 bridgehead atoms. The molecule has 9 nitrogen and oxygen atoms in total. The van der Waals surface area contributed by atoms with Crippen molar-refractivity contribution in [3.8, 4) is 0 Å². The van der Waals surface area contributed by atoms with E-state index in [4.69, 9.17) is 5.73 Å². The smallest absolute Gasteiger partial charge is 0.318 e. The number of nitrogens with two attached hydrogens (primary N) is 1. The lowest BCUT2D eigenvalue weighted by molar-refractivity contribution is -0.137. The van der Waals surface area contributed by atoms with E-state index in [1.165, 1.54) is 24.7 Å². The van der Waals surface area contributed by atoms with Crippen molar-refractivity contribution in [1.82, 2.24) is 20.4 Å². The van der Waals surface area contributed by atoms with Crippen molar-refractivity contribution in [2.75, 3.05) is 19.6 Å². The summed E-state index contributed by atoms with van der Waals surface area (Å²) in [6, 6.07) is -1.76. The van der Waals surface area contributed by atoms with Crippen molar-refractivity contribution in [3.05, 3.63) is 0 Å². The number of nitrogens with one attached hydrogen (secondary N) is 2. The third-order valence-corrected chi connectivity index (χ3v) is 7.28. The number of piperazine rings is 1. The van der Waals surface area contributed by atoms with E-state index in [1.54, 1.807) is 4.90 Å². The van der Waals surface area contributed by atoms with Crippen LogP contribution in [0.1, 0.15) is 77.6 Å². The lowest BCUT2D eigenvalue weighted by Gasteiger charge is -2.41. The maximum atomic E-state index is 13.3. The Morgan fingerprint density at radius 2 is 1.56 bits per heavy atom. The van der Waals surface area contributed by atoms with Crippen molar-refractivity contribution in [3.63, 3.8) is 0 Å². The molecule has 5 amide bonds. The van der Waals surface area contributed by atoms with Crippen LogP contribution in [0, 0.1) is 5.92 Å². The van der Waals surface area contributed by atoms with Crippen molar-refractivity contribution < 1.29 is 19.2 Å². The molecular formula is C23H39N5O4. The molecule has 3 fully saturated rings. The fourth-order valence-electron chi connectivity index (χ4n) is 5.31. The Hall–Kier alpha value is -2.32. The van der Waals surface area contributed by atoms with Gasteiger partial charge in [-0.25, -0.2) is 4.79 Å². The highest BCUT2D eigenvalue weighted by Crippen LogP contribution is 2.27. The summed E-state index contributed by atoms with van der Waals surface area (Å²) in [5.41, 5.74) is 5.61. The quantitative estimate of drug-likeness (QED) is 0.568. The number of nitrogens with zero attached hydrogens (tertiary/aromatic N) is 2. The van der Waals surface area contributed by atoms with Gasteiger partial charge < -0.3 is 26.2 Å². The van der Waals surface area contributed by atoms with Crippen LogP contribution in [0.4, 0.5) is 4.79 Å². The summed E-state index contributed by atoms with van der Waals surface area (Å²) in [7, 11) is 0. The van der Waals surface area contributed by atoms with Crippen molar-refractivity contribution >= 4 is 23.8 Å². The molecule has 2 saturated carbocycles. The average molecular weight is 450 g/mol. The molecule has 2 unspecified atom stereocenters. The lowest BCUT2D eigenvalue weighted by atomic mass is 9.84. The van der Waals surface area contributed by atoms with Gasteiger partial charge >= 0.3 is 6.03 Å². The van der Waals surface area contributed by atoms with E-state index in [1.807, 2.05) is 0 Å². The van der Waals surface area contributed by atoms with E-state index in [0.29, 0.717) is 18.9 Å². The maximum absolute atomic E-state index is 13.3. The van der Waals surface area contributed by atoms with Crippen molar-refractivity contribution in [2.45, 2.75) is 95.7 Å². The van der Waals surface area contributed by atoms with Crippen LogP contribution in [-0.2, 0) is 14.4 Å². The van der Waals surface area contributed by atoms with E-state index in [0.717, 1.165) is 51.4 Å². The Balaban J connectivity index is 1.67. The summed E-state index contributed by atoms with van der Waals surface area (Å²) in [4.78, 5) is 53.4. The largest absolute Gasteiger partial charge is 0.368 e. The molecule has 0 aromatic rings. The van der Waals surface area contributed by atoms with E-state index in [9.17, 15) is 19.2 Å². The Kier molecular flexibility index (Phi) is 8.75. The molecule has 0 spiro atoms. The lowest BCUT2D eigenvalue weighted by Crippen LogP contribution is -2.65. The highest BCUT2D eigenvalue weighted by Gasteiger charge is 2.38. The van der Waals surface area contributed by atoms with Crippen LogP contribution < -0.4 is 16.4 Å². The first-order valence-electron chi connectivity index (χ1n) is 12.3. The summed E-state index contributed by atoms with van der Waals surface area (Å²) >= 11 is 0. The van der Waals surface area contributed by atoms with Gasteiger partial charge in [-0.15, -0.1) is 0 Å². The van der Waals surface area contributed by atoms with E-state index in [2.05, 4.69) is 10.6 Å². The second-order valence-electron chi connectivity index (χ2n) is 9.66. The molecule has 9 heteroatoms. The van der Waals surface area contributed by atoms with Gasteiger partial charge in [0.1, 0.15) is 12.1 Å². The van der Waals surface area contributed by atoms with Crippen LogP contribution in [0.5, 0.6) is 0 Å². The van der Waals surface area contributed by atoms with Gasteiger partial charge in [0, 0.05) is 26.1 Å². The number of amides is 5. The summed E-state index contributed by atoms with van der Waals surface area (Å²) in [5.74, 6) is -0.744. The minimum atomic E-state index is -0.843. The van der Waals surface area contributed by atoms with Gasteiger partial charge in [0.2, 0.25) is 17.7 Å². The fraction of sp³-hybridized carbons (Fsp3) is 0.826. The van der Waals surface area contributed by atoms with Crippen molar-refractivity contribution in [2.24, 2.45) is 11.7 Å². The highest BCUT2D eigenvalue weighted by atomic mass is 16.2. The molecule has 180 valence electrons. The maximum Gasteiger partial charge on any atom is 0.318 e. The first-order chi connectivity index (χ1) is 15.3. The molecule has 0 aromatic heterocycles. The Bertz CT molecular complexity index is 688. The predicted molar refractivity (Wildman–Crippen MR) is 120 cm³/mol. The van der Waals surface area contributed by atoms with Gasteiger partial charge in [-0.05, 0) is 25.2 Å². The number of primary amides is 1. The zero-order valence-corrected chi connectivity index (χ0v) is 19.3. The zero-order valence-electron chi connectivity index (χ0n) is 19.3. The molecule has 1 heterocycles. The number of carbonyl (C=O) groups is 4. The normalized spacial score (nSPS) is 24.0. The summed E-state index contributed by atoms with van der Waals surface area (Å²) in [5, 5.41) is 5.88. The molecule has 0 aromatic carbocycles. The second-order valence-corrected chi connectivity index (χ2v) is 9.66. The van der Waals surface area contributed by atoms with Crippen LogP contribution >= 0.6 is 0 Å². The Labute approximate surface area is 190 Å². The molecule has 32 heavy (non-hydrogen) atoms. The second kappa shape index (κ2) is 11.5. The summed E-state index contributed by atoms with van der Waals surface area (Å²) in [6.07, 6.45) is 11.3. The van der Waals surface area contributed by atoms with Gasteiger partial charge in [0.25, 0.3) is 0 Å². The van der Waals surface area contributed by atoms with Gasteiger partial charge in [-0.3, -0.25) is 14.4 Å². The molecule has 3 aliphatic rings. The number of urea groups is 1. The first-order valence-corrected chi connectivity index (χ1v) is 12.3. The average Bonchev–Trinajstić information content (AvgIpc) is 2.79. The number of hydrogen-bond donors (Lipinski definition) is 3. The predicted octanol–water partition coefficient (Wildman–Crippen LogP) is 1.50. The topological polar surface area (TPSA) is 125 Å². The number of rotatable bonds is 6. The standard InChI is InChI=1S/C23H39N5O4/c1-16(29)27-12-13-28(23(32)25-18-10-6-3-7-11-18)20(15-27)22(31)26-19(21(24)30)14-17-8-4-2-5-9-17/h17-20H,2-15H2,1H3,(H2,24,30)(H,25,32)(H,26,31). The van der Waals surface area contributed by atoms with Crippen LogP contribution in [0.15, 0.2) is 0 Å². The van der Waals surface area contributed by atoms with E-state index < -0.39 is 23.9 Å². The van der Waals surface area contributed by atoms with Gasteiger partial charge in [-0.2, -0.15) is 0 Å². The third kappa shape index (κ3) is 6.59. The molecule has 2 atom stereocenters.